The maximum Gasteiger partial charge on any atom is 0.433 e. The van der Waals surface area contributed by atoms with E-state index in [9.17, 15) is 13.2 Å². The van der Waals surface area contributed by atoms with Crippen LogP contribution in [0, 0.1) is 0 Å². The third kappa shape index (κ3) is 5.33. The van der Waals surface area contributed by atoms with Gasteiger partial charge in [0.05, 0.1) is 24.5 Å². The highest BCUT2D eigenvalue weighted by Crippen LogP contribution is 2.34. The summed E-state index contributed by atoms with van der Waals surface area (Å²) in [6.45, 7) is 1.09. The van der Waals surface area contributed by atoms with Crippen LogP contribution < -0.4 is 15.4 Å². The Morgan fingerprint density at radius 2 is 1.92 bits per heavy atom. The number of ether oxygens (including phenoxy) is 1. The average Bonchev–Trinajstić information content (AvgIpc) is 3.32. The van der Waals surface area contributed by atoms with Crippen molar-refractivity contribution in [2.24, 2.45) is 7.05 Å². The number of alkyl halides is 3. The first-order valence-electron chi connectivity index (χ1n) is 11.6. The highest BCUT2D eigenvalue weighted by molar-refractivity contribution is 5.69. The van der Waals surface area contributed by atoms with Gasteiger partial charge in [-0.2, -0.15) is 18.3 Å². The Labute approximate surface area is 206 Å². The molecule has 0 fully saturated rings. The normalized spacial score (nSPS) is 16.1. The molecule has 36 heavy (non-hydrogen) atoms. The molecule has 0 aliphatic carbocycles. The Morgan fingerprint density at radius 1 is 1.08 bits per heavy atom. The third-order valence-corrected chi connectivity index (χ3v) is 6.07. The van der Waals surface area contributed by atoms with Gasteiger partial charge in [0.25, 0.3) is 0 Å². The molecule has 10 heteroatoms. The van der Waals surface area contributed by atoms with Crippen molar-refractivity contribution in [1.29, 1.82) is 0 Å². The summed E-state index contributed by atoms with van der Waals surface area (Å²) in [5.41, 5.74) is 3.61. The molecule has 3 aromatic heterocycles. The van der Waals surface area contributed by atoms with Crippen molar-refractivity contribution in [2.75, 3.05) is 18.4 Å². The van der Waals surface area contributed by atoms with Gasteiger partial charge in [-0.1, -0.05) is 36.4 Å². The summed E-state index contributed by atoms with van der Waals surface area (Å²) in [5.74, 6) is 0.522. The standard InChI is InChI=1S/C26H25F3N6O/c1-35-16-20(14-34-35)19-11-21-25(33-13-19)36-22(15-31-21)24(18-5-3-2-4-6-18)30-10-9-17-7-8-23(32-12-17)26(27,28)29/h2-8,11-14,16,22,24,30-31H,9-10,15H2,1H3/t22-,24+/m0/s1. The summed E-state index contributed by atoms with van der Waals surface area (Å²) in [5, 5.41) is 11.2. The van der Waals surface area contributed by atoms with Crippen molar-refractivity contribution >= 4 is 5.69 Å². The van der Waals surface area contributed by atoms with E-state index in [1.165, 1.54) is 12.3 Å². The first-order valence-corrected chi connectivity index (χ1v) is 11.6. The molecule has 4 aromatic rings. The van der Waals surface area contributed by atoms with Crippen LogP contribution in [0.1, 0.15) is 22.9 Å². The number of hydrogen-bond acceptors (Lipinski definition) is 6. The molecule has 2 N–H and O–H groups in total. The molecule has 0 amide bonds. The third-order valence-electron chi connectivity index (χ3n) is 6.07. The minimum absolute atomic E-state index is 0.158. The molecule has 0 bridgehead atoms. The number of rotatable bonds is 7. The van der Waals surface area contributed by atoms with Crippen LogP contribution in [-0.2, 0) is 19.6 Å². The molecule has 1 aliphatic rings. The summed E-state index contributed by atoms with van der Waals surface area (Å²) >= 11 is 0. The van der Waals surface area contributed by atoms with Gasteiger partial charge in [0.2, 0.25) is 5.88 Å². The van der Waals surface area contributed by atoms with Gasteiger partial charge in [0, 0.05) is 36.8 Å². The molecule has 5 rings (SSSR count). The van der Waals surface area contributed by atoms with Gasteiger partial charge in [-0.05, 0) is 36.2 Å². The van der Waals surface area contributed by atoms with Gasteiger partial charge in [-0.15, -0.1) is 0 Å². The second kappa shape index (κ2) is 9.98. The second-order valence-corrected chi connectivity index (χ2v) is 8.66. The number of anilines is 1. The summed E-state index contributed by atoms with van der Waals surface area (Å²) in [6.07, 6.45) is 2.60. The van der Waals surface area contributed by atoms with Crippen LogP contribution in [0.4, 0.5) is 18.9 Å². The molecule has 0 saturated heterocycles. The van der Waals surface area contributed by atoms with E-state index in [0.29, 0.717) is 25.4 Å². The number of nitrogens with zero attached hydrogens (tertiary/aromatic N) is 4. The highest BCUT2D eigenvalue weighted by Gasteiger charge is 2.32. The molecule has 7 nitrogen and oxygen atoms in total. The lowest BCUT2D eigenvalue weighted by Crippen LogP contribution is -2.43. The summed E-state index contributed by atoms with van der Waals surface area (Å²) in [4.78, 5) is 8.09. The Morgan fingerprint density at radius 3 is 2.61 bits per heavy atom. The van der Waals surface area contributed by atoms with Crippen LogP contribution >= 0.6 is 0 Å². The van der Waals surface area contributed by atoms with Crippen LogP contribution in [0.5, 0.6) is 5.88 Å². The summed E-state index contributed by atoms with van der Waals surface area (Å²) in [6, 6.07) is 14.2. The van der Waals surface area contributed by atoms with Gasteiger partial charge < -0.3 is 15.4 Å². The molecule has 0 unspecified atom stereocenters. The van der Waals surface area contributed by atoms with Crippen LogP contribution in [0.3, 0.4) is 0 Å². The maximum absolute atomic E-state index is 12.8. The Hall–Kier alpha value is -3.92. The van der Waals surface area contributed by atoms with E-state index < -0.39 is 11.9 Å². The monoisotopic (exact) mass is 494 g/mol. The SMILES string of the molecule is Cn1cc(-c2cnc3c(c2)NC[C@@H]([C@H](NCCc2ccc(C(F)(F)F)nc2)c2ccccc2)O3)cn1. The first-order chi connectivity index (χ1) is 17.4. The largest absolute Gasteiger partial charge is 0.469 e. The van der Waals surface area contributed by atoms with E-state index >= 15 is 0 Å². The van der Waals surface area contributed by atoms with E-state index in [0.717, 1.165) is 34.0 Å². The fourth-order valence-corrected chi connectivity index (χ4v) is 4.22. The first kappa shape index (κ1) is 23.8. The fourth-order valence-electron chi connectivity index (χ4n) is 4.22. The molecule has 186 valence electrons. The van der Waals surface area contributed by atoms with Gasteiger partial charge in [-0.3, -0.25) is 9.67 Å². The van der Waals surface area contributed by atoms with Crippen molar-refractivity contribution in [1.82, 2.24) is 25.1 Å². The molecule has 1 aromatic carbocycles. The van der Waals surface area contributed by atoms with E-state index in [4.69, 9.17) is 4.74 Å². The number of aryl methyl sites for hydroxylation is 1. The lowest BCUT2D eigenvalue weighted by atomic mass is 9.99. The van der Waals surface area contributed by atoms with E-state index in [2.05, 4.69) is 25.7 Å². The molecular formula is C26H25F3N6O. The van der Waals surface area contributed by atoms with Crippen molar-refractivity contribution in [3.63, 3.8) is 0 Å². The predicted octanol–water partition coefficient (Wildman–Crippen LogP) is 4.64. The second-order valence-electron chi connectivity index (χ2n) is 8.66. The van der Waals surface area contributed by atoms with Crippen LogP contribution in [0.2, 0.25) is 0 Å². The fraction of sp³-hybridized carbons (Fsp3) is 0.269. The molecule has 0 spiro atoms. The Kier molecular flexibility index (Phi) is 6.60. The minimum Gasteiger partial charge on any atom is -0.469 e. The molecular weight excluding hydrogens is 469 g/mol. The van der Waals surface area contributed by atoms with Gasteiger partial charge in [0.15, 0.2) is 0 Å². The molecule has 0 radical (unpaired) electrons. The van der Waals surface area contributed by atoms with Crippen molar-refractivity contribution in [2.45, 2.75) is 24.7 Å². The average molecular weight is 495 g/mol. The number of aromatic nitrogens is 4. The number of nitrogens with one attached hydrogen (secondary N) is 2. The Bertz CT molecular complexity index is 1310. The molecule has 4 heterocycles. The number of halogens is 3. The number of pyridine rings is 2. The zero-order valence-corrected chi connectivity index (χ0v) is 19.5. The smallest absolute Gasteiger partial charge is 0.433 e. The van der Waals surface area contributed by atoms with Gasteiger partial charge in [-0.25, -0.2) is 4.98 Å². The van der Waals surface area contributed by atoms with Crippen LogP contribution in [-0.4, -0.2) is 38.9 Å². The van der Waals surface area contributed by atoms with Gasteiger partial charge in [0.1, 0.15) is 11.8 Å². The van der Waals surface area contributed by atoms with Gasteiger partial charge >= 0.3 is 6.18 Å². The van der Waals surface area contributed by atoms with Crippen molar-refractivity contribution < 1.29 is 17.9 Å². The number of hydrogen-bond donors (Lipinski definition) is 2. The van der Waals surface area contributed by atoms with Crippen LogP contribution in [0.15, 0.2) is 73.3 Å². The predicted molar refractivity (Wildman–Crippen MR) is 129 cm³/mol. The highest BCUT2D eigenvalue weighted by atomic mass is 19.4. The molecule has 0 saturated carbocycles. The van der Waals surface area contributed by atoms with E-state index in [-0.39, 0.29) is 12.1 Å². The number of benzene rings is 1. The number of fused-ring (bicyclic) bond motifs is 1. The molecule has 2 atom stereocenters. The van der Waals surface area contributed by atoms with Crippen molar-refractivity contribution in [3.8, 4) is 17.0 Å². The summed E-state index contributed by atoms with van der Waals surface area (Å²) in [7, 11) is 1.87. The lowest BCUT2D eigenvalue weighted by molar-refractivity contribution is -0.141. The van der Waals surface area contributed by atoms with E-state index in [1.54, 1.807) is 17.1 Å². The maximum atomic E-state index is 12.8. The molecule has 1 aliphatic heterocycles. The van der Waals surface area contributed by atoms with Crippen LogP contribution in [0.25, 0.3) is 11.1 Å². The Balaban J connectivity index is 1.28. The summed E-state index contributed by atoms with van der Waals surface area (Å²) < 4.78 is 46.4. The van der Waals surface area contributed by atoms with Crippen molar-refractivity contribution in [3.05, 3.63) is 90.1 Å². The topological polar surface area (TPSA) is 76.9 Å². The minimum atomic E-state index is -4.44. The van der Waals surface area contributed by atoms with E-state index in [1.807, 2.05) is 49.6 Å². The lowest BCUT2D eigenvalue weighted by Gasteiger charge is -2.33. The quantitative estimate of drug-likeness (QED) is 0.390. The zero-order chi connectivity index (χ0) is 25.1. The zero-order valence-electron chi connectivity index (χ0n) is 19.5.